The van der Waals surface area contributed by atoms with Crippen LogP contribution in [0.2, 0.25) is 0 Å². The molecular weight excluding hydrogens is 452 g/mol. The molecule has 0 radical (unpaired) electrons. The summed E-state index contributed by atoms with van der Waals surface area (Å²) in [5.41, 5.74) is 22.1. The zero-order valence-electron chi connectivity index (χ0n) is 21.1. The topological polar surface area (TPSA) is 134 Å². The molecule has 8 heteroatoms. The van der Waals surface area contributed by atoms with E-state index in [1.807, 2.05) is 86.5 Å². The minimum atomic E-state index is -0.102. The lowest BCUT2D eigenvalue weighted by Gasteiger charge is -2.12. The van der Waals surface area contributed by atoms with E-state index in [-0.39, 0.29) is 11.5 Å². The Morgan fingerprint density at radius 2 is 1.28 bits per heavy atom. The minimum absolute atomic E-state index is 0.102. The first-order valence-corrected chi connectivity index (χ1v) is 11.2. The summed E-state index contributed by atoms with van der Waals surface area (Å²) in [7, 11) is 7.98. The second-order valence-corrected chi connectivity index (χ2v) is 8.32. The fourth-order valence-electron chi connectivity index (χ4n) is 2.90. The number of carbonyl (C=O) groups is 1. The molecule has 1 aliphatic rings. The molecule has 0 saturated carbocycles. The number of hydrogen-bond donors (Lipinski definition) is 4. The van der Waals surface area contributed by atoms with Crippen LogP contribution in [0.15, 0.2) is 102 Å². The summed E-state index contributed by atoms with van der Waals surface area (Å²) in [6, 6.07) is 22.1. The van der Waals surface area contributed by atoms with Gasteiger partial charge in [-0.1, -0.05) is 6.07 Å². The number of nitrogens with zero attached hydrogens (tertiary/aromatic N) is 3. The Morgan fingerprint density at radius 1 is 0.722 bits per heavy atom. The van der Waals surface area contributed by atoms with E-state index in [0.29, 0.717) is 17.1 Å². The summed E-state index contributed by atoms with van der Waals surface area (Å²) < 4.78 is 0. The van der Waals surface area contributed by atoms with Gasteiger partial charge in [0.1, 0.15) is 5.75 Å². The average molecular weight is 487 g/mol. The number of carbonyl (C=O) groups excluding carboxylic acids is 1. The normalized spacial score (nSPS) is 13.1. The molecule has 8 nitrogen and oxygen atoms in total. The lowest BCUT2D eigenvalue weighted by atomic mass is 10.1. The van der Waals surface area contributed by atoms with Gasteiger partial charge in [0.25, 0.3) is 0 Å². The number of rotatable bonds is 3. The molecule has 1 aliphatic carbocycles. The smallest absolute Gasteiger partial charge is 0.180 e. The second kappa shape index (κ2) is 13.2. The van der Waals surface area contributed by atoms with Crippen LogP contribution in [0.4, 0.5) is 28.4 Å². The molecule has 188 valence electrons. The quantitative estimate of drug-likeness (QED) is 0.323. The van der Waals surface area contributed by atoms with Crippen LogP contribution in [0, 0.1) is 0 Å². The molecule has 0 bridgehead atoms. The van der Waals surface area contributed by atoms with Crippen LogP contribution in [0.3, 0.4) is 0 Å². The van der Waals surface area contributed by atoms with Gasteiger partial charge in [0, 0.05) is 63.1 Å². The molecule has 0 atom stereocenters. The van der Waals surface area contributed by atoms with Gasteiger partial charge in [-0.05, 0) is 72.8 Å². The van der Waals surface area contributed by atoms with Gasteiger partial charge < -0.3 is 32.1 Å². The predicted molar refractivity (Wildman–Crippen MR) is 152 cm³/mol. The Hall–Kier alpha value is -4.72. The Labute approximate surface area is 212 Å². The van der Waals surface area contributed by atoms with Crippen molar-refractivity contribution in [2.75, 3.05) is 49.5 Å². The number of phenols is 1. The summed E-state index contributed by atoms with van der Waals surface area (Å²) in [6.07, 6.45) is 4.48. The number of phenolic OH excluding ortho intramolecular Hbond substituents is 1. The number of hydrogen-bond acceptors (Lipinski definition) is 8. The summed E-state index contributed by atoms with van der Waals surface area (Å²) in [4.78, 5) is 19.5. The summed E-state index contributed by atoms with van der Waals surface area (Å²) in [5.74, 6) is 0.111. The highest BCUT2D eigenvalue weighted by atomic mass is 16.3. The molecule has 0 unspecified atom stereocenters. The van der Waals surface area contributed by atoms with Crippen LogP contribution in [0.25, 0.3) is 0 Å². The maximum atomic E-state index is 11.1. The first-order valence-electron chi connectivity index (χ1n) is 11.2. The van der Waals surface area contributed by atoms with Crippen molar-refractivity contribution >= 4 is 39.9 Å². The predicted octanol–water partition coefficient (Wildman–Crippen LogP) is 4.12. The maximum Gasteiger partial charge on any atom is 0.180 e. The first kappa shape index (κ1) is 27.5. The number of benzene rings is 3. The van der Waals surface area contributed by atoms with Crippen LogP contribution in [0.1, 0.15) is 0 Å². The average Bonchev–Trinajstić information content (AvgIpc) is 2.82. The van der Waals surface area contributed by atoms with Crippen molar-refractivity contribution < 1.29 is 9.90 Å². The molecule has 36 heavy (non-hydrogen) atoms. The summed E-state index contributed by atoms with van der Waals surface area (Å²) in [5, 5.41) is 8.73. The van der Waals surface area contributed by atoms with Crippen molar-refractivity contribution in [2.24, 2.45) is 10.7 Å². The van der Waals surface area contributed by atoms with E-state index in [9.17, 15) is 4.79 Å². The number of allylic oxidation sites excluding steroid dienone is 3. The van der Waals surface area contributed by atoms with E-state index in [4.69, 9.17) is 22.3 Å². The van der Waals surface area contributed by atoms with E-state index in [0.717, 1.165) is 17.1 Å². The molecular formula is C28H34N6O2. The Balaban J connectivity index is 0.000000213. The van der Waals surface area contributed by atoms with Crippen molar-refractivity contribution in [3.8, 4) is 5.75 Å². The molecule has 0 fully saturated rings. The largest absolute Gasteiger partial charge is 0.508 e. The fraction of sp³-hybridized carbons (Fsp3) is 0.143. The number of ketones is 1. The lowest BCUT2D eigenvalue weighted by Crippen LogP contribution is -2.14. The van der Waals surface area contributed by atoms with Crippen molar-refractivity contribution in [3.05, 3.63) is 96.7 Å². The highest BCUT2D eigenvalue weighted by molar-refractivity contribution is 6.19. The zero-order chi connectivity index (χ0) is 26.7. The molecule has 0 aliphatic heterocycles. The number of nitrogen functional groups attached to an aromatic ring is 2. The maximum absolute atomic E-state index is 11.1. The van der Waals surface area contributed by atoms with Crippen LogP contribution >= 0.6 is 0 Å². The van der Waals surface area contributed by atoms with Gasteiger partial charge in [-0.3, -0.25) is 4.79 Å². The Bertz CT molecular complexity index is 1210. The number of anilines is 4. The van der Waals surface area contributed by atoms with Gasteiger partial charge in [0.2, 0.25) is 0 Å². The standard InChI is InChI=1S/C14H15N3O.C8H12N2.C6H7NO/c1-17(2)11-5-3-10(4-6-11)16-14-8-7-12(18)9-13(14)15;1-10(2)8-5-3-7(9)4-6-8;7-5-2-1-3-6(8)4-5/h3-9H,15H2,1-2H3;3-6H,9H2,1-2H3;1-4,8H,7H2. The van der Waals surface area contributed by atoms with Crippen LogP contribution in [-0.4, -0.2) is 44.8 Å². The SMILES string of the molecule is CN(C)c1ccc(N)cc1.CN(C)c1ccc(N=C2C=CC(=O)C=C2N)cc1.Nc1cccc(O)c1. The number of aromatic hydroxyl groups is 1. The molecule has 0 amide bonds. The molecule has 4 rings (SSSR count). The van der Waals surface area contributed by atoms with E-state index in [1.165, 1.54) is 23.9 Å². The zero-order valence-corrected chi connectivity index (χ0v) is 21.1. The Morgan fingerprint density at radius 3 is 1.72 bits per heavy atom. The van der Waals surface area contributed by atoms with Crippen LogP contribution in [-0.2, 0) is 4.79 Å². The highest BCUT2D eigenvalue weighted by Gasteiger charge is 2.08. The third kappa shape index (κ3) is 9.26. The van der Waals surface area contributed by atoms with E-state index in [1.54, 1.807) is 24.3 Å². The van der Waals surface area contributed by atoms with E-state index in [2.05, 4.69) is 4.99 Å². The number of nitrogens with two attached hydrogens (primary N) is 3. The molecule has 3 aromatic carbocycles. The van der Waals surface area contributed by atoms with E-state index >= 15 is 0 Å². The first-order chi connectivity index (χ1) is 17.0. The van der Waals surface area contributed by atoms with Gasteiger partial charge in [-0.2, -0.15) is 0 Å². The lowest BCUT2D eigenvalue weighted by molar-refractivity contribution is -0.110. The number of aliphatic imine (C=N–C) groups is 1. The second-order valence-electron chi connectivity index (χ2n) is 8.32. The molecule has 0 heterocycles. The van der Waals surface area contributed by atoms with Crippen LogP contribution in [0.5, 0.6) is 5.75 Å². The highest BCUT2D eigenvalue weighted by Crippen LogP contribution is 2.19. The van der Waals surface area contributed by atoms with Gasteiger partial charge in [-0.25, -0.2) is 4.99 Å². The van der Waals surface area contributed by atoms with Gasteiger partial charge in [-0.15, -0.1) is 0 Å². The minimum Gasteiger partial charge on any atom is -0.508 e. The van der Waals surface area contributed by atoms with Crippen molar-refractivity contribution in [3.63, 3.8) is 0 Å². The van der Waals surface area contributed by atoms with Crippen LogP contribution < -0.4 is 27.0 Å². The summed E-state index contributed by atoms with van der Waals surface area (Å²) in [6.45, 7) is 0. The Kier molecular flexibility index (Phi) is 10.1. The summed E-state index contributed by atoms with van der Waals surface area (Å²) >= 11 is 0. The van der Waals surface area contributed by atoms with Gasteiger partial charge in [0.15, 0.2) is 5.78 Å². The molecule has 7 N–H and O–H groups in total. The van der Waals surface area contributed by atoms with Gasteiger partial charge in [0.05, 0.1) is 17.1 Å². The molecule has 0 spiro atoms. The molecule has 3 aromatic rings. The third-order valence-electron chi connectivity index (χ3n) is 4.89. The third-order valence-corrected chi connectivity index (χ3v) is 4.89. The monoisotopic (exact) mass is 486 g/mol. The van der Waals surface area contributed by atoms with E-state index < -0.39 is 0 Å². The van der Waals surface area contributed by atoms with Crippen molar-refractivity contribution in [2.45, 2.75) is 0 Å². The van der Waals surface area contributed by atoms with Crippen molar-refractivity contribution in [1.29, 1.82) is 0 Å². The van der Waals surface area contributed by atoms with Crippen molar-refractivity contribution in [1.82, 2.24) is 0 Å². The fourth-order valence-corrected chi connectivity index (χ4v) is 2.90. The molecule has 0 saturated heterocycles. The van der Waals surface area contributed by atoms with Gasteiger partial charge >= 0.3 is 0 Å². The molecule has 0 aromatic heterocycles.